The number of ether oxygens (including phenoxy) is 1. The number of quaternary nitrogens is 1. The smallest absolute Gasteiger partial charge is 0.0660 e. The molecule has 0 unspecified atom stereocenters. The lowest BCUT2D eigenvalue weighted by Gasteiger charge is -2.33. The molecule has 0 radical (unpaired) electrons. The van der Waals surface area contributed by atoms with Crippen molar-refractivity contribution in [3.63, 3.8) is 0 Å². The fraction of sp³-hybridized carbons (Fsp3) is 0.889. The average Bonchev–Trinajstić information content (AvgIpc) is 2.09. The van der Waals surface area contributed by atoms with Gasteiger partial charge in [0.1, 0.15) is 0 Å². The second kappa shape index (κ2) is 5.51. The van der Waals surface area contributed by atoms with Crippen molar-refractivity contribution in [1.29, 1.82) is 0 Å². The van der Waals surface area contributed by atoms with Crippen molar-refractivity contribution >= 4 is 0 Å². The molecule has 0 saturated carbocycles. The molecule has 3 nitrogen and oxygen atoms in total. The van der Waals surface area contributed by atoms with Gasteiger partial charge in [0, 0.05) is 33.4 Å². The number of piperazine rings is 1. The van der Waals surface area contributed by atoms with E-state index < -0.39 is 0 Å². The molecule has 0 aromatic rings. The molecule has 0 atom stereocenters. The van der Waals surface area contributed by atoms with Gasteiger partial charge in [0.25, 0.3) is 0 Å². The summed E-state index contributed by atoms with van der Waals surface area (Å²) in [6.45, 7) is 6.84. The van der Waals surface area contributed by atoms with E-state index in [1.54, 1.807) is 7.11 Å². The molecule has 1 saturated heterocycles. The molecule has 0 bridgehead atoms. The first-order valence-electron chi connectivity index (χ1n) is 4.71. The van der Waals surface area contributed by atoms with E-state index in [2.05, 4.69) is 11.9 Å². The maximum atomic E-state index is 5.01. The van der Waals surface area contributed by atoms with E-state index in [0.29, 0.717) is 0 Å². The summed E-state index contributed by atoms with van der Waals surface area (Å²) in [5.74, 6) is 0. The molecule has 1 heterocycles. The van der Waals surface area contributed by atoms with Crippen LogP contribution in [-0.4, -0.2) is 51.3 Å². The zero-order valence-electron chi connectivity index (χ0n) is 8.01. The average molecular weight is 172 g/mol. The summed E-state index contributed by atoms with van der Waals surface area (Å²) in [7, 11) is 5.76. The van der Waals surface area contributed by atoms with Crippen LogP contribution < -0.4 is 4.90 Å². The number of nitrogens with zero attached hydrogens (tertiary/aromatic N) is 1. The Labute approximate surface area is 75.3 Å². The minimum absolute atomic E-state index is 0.886. The molecule has 0 aliphatic carbocycles. The van der Waals surface area contributed by atoms with Crippen LogP contribution in [0.25, 0.3) is 0 Å². The van der Waals surface area contributed by atoms with Gasteiger partial charge in [0.2, 0.25) is 0 Å². The van der Waals surface area contributed by atoms with Crippen LogP contribution in [0.5, 0.6) is 0 Å². The molecule has 72 valence electrons. The zero-order valence-corrected chi connectivity index (χ0v) is 8.01. The molecular formula is C9H20N2O. The highest BCUT2D eigenvalue weighted by Crippen LogP contribution is 1.92. The summed E-state index contributed by atoms with van der Waals surface area (Å²) in [4.78, 5) is 3.91. The number of methoxy groups -OCH3 is 1. The molecule has 0 aromatic carbocycles. The topological polar surface area (TPSA) is 16.9 Å². The Morgan fingerprint density at radius 3 is 2.67 bits per heavy atom. The van der Waals surface area contributed by atoms with Gasteiger partial charge in [0.05, 0.1) is 13.1 Å². The van der Waals surface area contributed by atoms with Crippen LogP contribution in [0.2, 0.25) is 0 Å². The number of hydrogen-bond acceptors (Lipinski definition) is 2. The molecule has 1 N–H and O–H groups in total. The molecule has 1 aliphatic rings. The highest BCUT2D eigenvalue weighted by atomic mass is 16.5. The predicted molar refractivity (Wildman–Crippen MR) is 49.0 cm³/mol. The minimum Gasteiger partial charge on any atom is -0.466 e. The second-order valence-electron chi connectivity index (χ2n) is 3.44. The van der Waals surface area contributed by atoms with Gasteiger partial charge in [-0.1, -0.05) is 0 Å². The third-order valence-corrected chi connectivity index (χ3v) is 2.39. The highest BCUT2D eigenvalue weighted by Gasteiger charge is 2.12. The van der Waals surface area contributed by atoms with Crippen LogP contribution in [0.1, 0.15) is 6.42 Å². The Bertz CT molecular complexity index is 111. The van der Waals surface area contributed by atoms with E-state index in [9.17, 15) is 0 Å². The van der Waals surface area contributed by atoms with Gasteiger partial charge in [-0.2, -0.15) is 7.05 Å². The quantitative estimate of drug-likeness (QED) is 0.433. The minimum atomic E-state index is 0.886. The van der Waals surface area contributed by atoms with Gasteiger partial charge in [-0.3, -0.25) is 4.90 Å². The SMILES string of the molecule is [CH2-][NH+]1CCN(CCCOC)CC1. The van der Waals surface area contributed by atoms with Crippen molar-refractivity contribution < 1.29 is 9.64 Å². The summed E-state index contributed by atoms with van der Waals surface area (Å²) >= 11 is 0. The molecule has 0 spiro atoms. The molecule has 0 amide bonds. The van der Waals surface area contributed by atoms with Crippen LogP contribution in [0, 0.1) is 7.05 Å². The fourth-order valence-electron chi connectivity index (χ4n) is 1.53. The van der Waals surface area contributed by atoms with Gasteiger partial charge in [-0.15, -0.1) is 0 Å². The monoisotopic (exact) mass is 172 g/mol. The summed E-state index contributed by atoms with van der Waals surface area (Å²) in [5.41, 5.74) is 0. The van der Waals surface area contributed by atoms with Crippen molar-refractivity contribution in [2.45, 2.75) is 6.42 Å². The lowest BCUT2D eigenvalue weighted by molar-refractivity contribution is -0.858. The molecule has 1 rings (SSSR count). The van der Waals surface area contributed by atoms with E-state index in [-0.39, 0.29) is 0 Å². The van der Waals surface area contributed by atoms with Crippen LogP contribution >= 0.6 is 0 Å². The van der Waals surface area contributed by atoms with E-state index >= 15 is 0 Å². The molecule has 12 heavy (non-hydrogen) atoms. The Kier molecular flexibility index (Phi) is 4.58. The van der Waals surface area contributed by atoms with Gasteiger partial charge in [0.15, 0.2) is 0 Å². The predicted octanol–water partition coefficient (Wildman–Crippen LogP) is -0.985. The van der Waals surface area contributed by atoms with Crippen molar-refractivity contribution in [2.75, 3.05) is 46.4 Å². The van der Waals surface area contributed by atoms with Gasteiger partial charge in [-0.25, -0.2) is 0 Å². The largest absolute Gasteiger partial charge is 0.466 e. The van der Waals surface area contributed by atoms with E-state index in [1.165, 1.54) is 37.6 Å². The van der Waals surface area contributed by atoms with Crippen LogP contribution in [0.15, 0.2) is 0 Å². The number of rotatable bonds is 4. The second-order valence-corrected chi connectivity index (χ2v) is 3.44. The Morgan fingerprint density at radius 2 is 2.08 bits per heavy atom. The van der Waals surface area contributed by atoms with Crippen LogP contribution in [0.3, 0.4) is 0 Å². The van der Waals surface area contributed by atoms with Gasteiger partial charge < -0.3 is 9.64 Å². The third kappa shape index (κ3) is 3.52. The van der Waals surface area contributed by atoms with E-state index in [1.807, 2.05) is 0 Å². The molecular weight excluding hydrogens is 152 g/mol. The third-order valence-electron chi connectivity index (χ3n) is 2.39. The summed E-state index contributed by atoms with van der Waals surface area (Å²) in [6, 6.07) is 0. The molecule has 0 aromatic heterocycles. The Morgan fingerprint density at radius 1 is 1.42 bits per heavy atom. The van der Waals surface area contributed by atoms with Crippen molar-refractivity contribution in [3.8, 4) is 0 Å². The van der Waals surface area contributed by atoms with Crippen LogP contribution in [0.4, 0.5) is 0 Å². The summed E-state index contributed by atoms with van der Waals surface area (Å²) in [5, 5.41) is 0. The Balaban J connectivity index is 2.01. The standard InChI is InChI=1S/C9H20N2O/c1-10-5-7-11(8-6-10)4-3-9-12-2/h10H,1,3-9H2,2H3. The van der Waals surface area contributed by atoms with Crippen LogP contribution in [-0.2, 0) is 4.74 Å². The fourth-order valence-corrected chi connectivity index (χ4v) is 1.53. The number of nitrogens with one attached hydrogen (secondary N) is 1. The van der Waals surface area contributed by atoms with Gasteiger partial charge in [-0.05, 0) is 6.42 Å². The first kappa shape index (κ1) is 9.96. The van der Waals surface area contributed by atoms with Crippen molar-refractivity contribution in [3.05, 3.63) is 7.05 Å². The molecule has 3 heteroatoms. The van der Waals surface area contributed by atoms with Crippen molar-refractivity contribution in [1.82, 2.24) is 4.90 Å². The molecule has 1 aliphatic heterocycles. The Hall–Kier alpha value is -0.120. The van der Waals surface area contributed by atoms with E-state index in [4.69, 9.17) is 4.74 Å². The number of hydrogen-bond donors (Lipinski definition) is 1. The lowest BCUT2D eigenvalue weighted by atomic mass is 10.3. The van der Waals surface area contributed by atoms with E-state index in [0.717, 1.165) is 13.0 Å². The molecule has 1 fully saturated rings. The summed E-state index contributed by atoms with van der Waals surface area (Å²) in [6.07, 6.45) is 1.16. The first-order valence-corrected chi connectivity index (χ1v) is 4.71. The van der Waals surface area contributed by atoms with Gasteiger partial charge >= 0.3 is 0 Å². The zero-order chi connectivity index (χ0) is 8.81. The lowest BCUT2D eigenvalue weighted by Crippen LogP contribution is -3.10. The first-order chi connectivity index (χ1) is 5.83. The maximum Gasteiger partial charge on any atom is 0.0660 e. The van der Waals surface area contributed by atoms with Crippen molar-refractivity contribution in [2.24, 2.45) is 0 Å². The highest BCUT2D eigenvalue weighted by molar-refractivity contribution is 4.59. The normalized spacial score (nSPS) is 21.5. The maximum absolute atomic E-state index is 5.01. The summed E-state index contributed by atoms with van der Waals surface area (Å²) < 4.78 is 5.01.